The fourth-order valence-corrected chi connectivity index (χ4v) is 6.31. The van der Waals surface area contributed by atoms with Crippen LogP contribution in [0.5, 0.6) is 0 Å². The van der Waals surface area contributed by atoms with Gasteiger partial charge in [-0.05, 0) is 50.8 Å². The summed E-state index contributed by atoms with van der Waals surface area (Å²) in [6, 6.07) is 0. The molecule has 0 spiro atoms. The van der Waals surface area contributed by atoms with Crippen LogP contribution < -0.4 is 0 Å². The van der Waals surface area contributed by atoms with Gasteiger partial charge in [-0.15, -0.1) is 15.8 Å². The highest BCUT2D eigenvalue weighted by Crippen LogP contribution is 2.39. The van der Waals surface area contributed by atoms with Crippen LogP contribution in [-0.2, 0) is 0 Å². The van der Waals surface area contributed by atoms with Crippen molar-refractivity contribution in [2.45, 2.75) is 39.5 Å². The molecule has 2 unspecified atom stereocenters. The summed E-state index contributed by atoms with van der Waals surface area (Å²) in [6.45, 7) is 9.59. The quantitative estimate of drug-likeness (QED) is 0.502. The summed E-state index contributed by atoms with van der Waals surface area (Å²) >= 11 is 0. The fraction of sp³-hybridized carbons (Fsp3) is 1.00. The van der Waals surface area contributed by atoms with Crippen LogP contribution in [0.2, 0.25) is 0 Å². The second-order valence-corrected chi connectivity index (χ2v) is 9.53. The fourth-order valence-electron chi connectivity index (χ4n) is 1.42. The maximum atomic E-state index is 2.49. The van der Waals surface area contributed by atoms with E-state index in [9.17, 15) is 0 Å². The molecule has 2 atom stereocenters. The SMILES string of the molecule is CCCCP(C)CCP(C)CCCC. The Hall–Kier alpha value is 0.860. The molecule has 0 amide bonds. The molecular formula is C12H28P2. The molecule has 0 N–H and O–H groups in total. The van der Waals surface area contributed by atoms with E-state index in [4.69, 9.17) is 0 Å². The van der Waals surface area contributed by atoms with Gasteiger partial charge in [0.25, 0.3) is 0 Å². The van der Waals surface area contributed by atoms with Gasteiger partial charge in [-0.25, -0.2) is 0 Å². The lowest BCUT2D eigenvalue weighted by atomic mass is 10.4. The van der Waals surface area contributed by atoms with Crippen LogP contribution in [0.25, 0.3) is 0 Å². The van der Waals surface area contributed by atoms with Crippen molar-refractivity contribution in [3.8, 4) is 0 Å². The van der Waals surface area contributed by atoms with Gasteiger partial charge in [-0.3, -0.25) is 0 Å². The Kier molecular flexibility index (Phi) is 11.0. The molecule has 0 aliphatic heterocycles. The van der Waals surface area contributed by atoms with Gasteiger partial charge in [-0.2, -0.15) is 0 Å². The first-order chi connectivity index (χ1) is 6.70. The van der Waals surface area contributed by atoms with Crippen molar-refractivity contribution in [2.75, 3.05) is 38.0 Å². The zero-order valence-corrected chi connectivity index (χ0v) is 12.3. The summed E-state index contributed by atoms with van der Waals surface area (Å²) < 4.78 is 0. The minimum Gasteiger partial charge on any atom is -0.110 e. The lowest BCUT2D eigenvalue weighted by molar-refractivity contribution is 0.888. The Bertz CT molecular complexity index is 101. The molecule has 0 radical (unpaired) electrons. The summed E-state index contributed by atoms with van der Waals surface area (Å²) in [5.74, 6) is 0. The highest BCUT2D eigenvalue weighted by Gasteiger charge is 2.04. The van der Waals surface area contributed by atoms with Crippen molar-refractivity contribution in [2.24, 2.45) is 0 Å². The Balaban J connectivity index is 3.31. The predicted molar refractivity (Wildman–Crippen MR) is 75.0 cm³/mol. The molecule has 0 saturated carbocycles. The van der Waals surface area contributed by atoms with E-state index in [1.807, 2.05) is 0 Å². The van der Waals surface area contributed by atoms with Crippen LogP contribution >= 0.6 is 15.8 Å². The molecule has 0 aromatic heterocycles. The van der Waals surface area contributed by atoms with Gasteiger partial charge in [0, 0.05) is 0 Å². The predicted octanol–water partition coefficient (Wildman–Crippen LogP) is 4.81. The number of hydrogen-bond donors (Lipinski definition) is 0. The van der Waals surface area contributed by atoms with Gasteiger partial charge in [0.05, 0.1) is 0 Å². The van der Waals surface area contributed by atoms with Crippen LogP contribution in [0.3, 0.4) is 0 Å². The van der Waals surface area contributed by atoms with E-state index in [-0.39, 0.29) is 0 Å². The van der Waals surface area contributed by atoms with E-state index in [1.54, 1.807) is 12.3 Å². The average Bonchev–Trinajstić information content (AvgIpc) is 2.20. The Morgan fingerprint density at radius 3 is 1.29 bits per heavy atom. The van der Waals surface area contributed by atoms with E-state index in [0.717, 1.165) is 0 Å². The van der Waals surface area contributed by atoms with E-state index >= 15 is 0 Å². The maximum absolute atomic E-state index is 2.49. The third kappa shape index (κ3) is 9.42. The van der Waals surface area contributed by atoms with Gasteiger partial charge in [0.1, 0.15) is 0 Å². The van der Waals surface area contributed by atoms with Gasteiger partial charge in [-0.1, -0.05) is 26.7 Å². The van der Waals surface area contributed by atoms with Crippen molar-refractivity contribution < 1.29 is 0 Å². The molecule has 0 aromatic carbocycles. The highest BCUT2D eigenvalue weighted by atomic mass is 31.1. The molecule has 0 aromatic rings. The van der Waals surface area contributed by atoms with Crippen LogP contribution in [0.1, 0.15) is 39.5 Å². The molecule has 14 heavy (non-hydrogen) atoms. The lowest BCUT2D eigenvalue weighted by Crippen LogP contribution is -1.96. The van der Waals surface area contributed by atoms with Gasteiger partial charge in [0.2, 0.25) is 0 Å². The molecule has 2 heteroatoms. The molecule has 0 nitrogen and oxygen atoms in total. The second-order valence-electron chi connectivity index (χ2n) is 4.31. The van der Waals surface area contributed by atoms with Crippen LogP contribution in [-0.4, -0.2) is 38.0 Å². The zero-order chi connectivity index (χ0) is 10.8. The van der Waals surface area contributed by atoms with E-state index < -0.39 is 0 Å². The number of rotatable bonds is 9. The lowest BCUT2D eigenvalue weighted by Gasteiger charge is -2.16. The van der Waals surface area contributed by atoms with Crippen molar-refractivity contribution >= 4 is 15.8 Å². The Labute approximate surface area is 93.8 Å². The van der Waals surface area contributed by atoms with Gasteiger partial charge in [0.15, 0.2) is 0 Å². The van der Waals surface area contributed by atoms with Gasteiger partial charge < -0.3 is 0 Å². The van der Waals surface area contributed by atoms with Crippen molar-refractivity contribution in [1.29, 1.82) is 0 Å². The number of hydrogen-bond acceptors (Lipinski definition) is 0. The molecule has 0 fully saturated rings. The molecule has 0 saturated heterocycles. The summed E-state index contributed by atoms with van der Waals surface area (Å²) in [5, 5.41) is 0. The standard InChI is InChI=1S/C12H28P2/c1-5-7-9-13(3)11-12-14(4)10-8-6-2/h5-12H2,1-4H3. The first kappa shape index (κ1) is 14.9. The normalized spacial score (nSPS) is 15.4. The van der Waals surface area contributed by atoms with Crippen molar-refractivity contribution in [3.63, 3.8) is 0 Å². The van der Waals surface area contributed by atoms with E-state index in [2.05, 4.69) is 27.2 Å². The molecule has 0 aliphatic rings. The summed E-state index contributed by atoms with van der Waals surface area (Å²) in [6.07, 6.45) is 11.8. The number of unbranched alkanes of at least 4 members (excludes halogenated alkanes) is 2. The van der Waals surface area contributed by atoms with Crippen LogP contribution in [0.15, 0.2) is 0 Å². The molecule has 0 bridgehead atoms. The monoisotopic (exact) mass is 234 g/mol. The molecule has 86 valence electrons. The van der Waals surface area contributed by atoms with Crippen molar-refractivity contribution in [1.82, 2.24) is 0 Å². The maximum Gasteiger partial charge on any atom is -0.0289 e. The minimum atomic E-state index is 0.382. The first-order valence-corrected chi connectivity index (χ1v) is 10.4. The van der Waals surface area contributed by atoms with E-state index in [0.29, 0.717) is 15.8 Å². The zero-order valence-electron chi connectivity index (χ0n) is 10.6. The largest absolute Gasteiger partial charge is 0.110 e. The first-order valence-electron chi connectivity index (χ1n) is 6.07. The summed E-state index contributed by atoms with van der Waals surface area (Å²) in [7, 11) is 0.765. The van der Waals surface area contributed by atoms with Crippen molar-refractivity contribution in [3.05, 3.63) is 0 Å². The molecular weight excluding hydrogens is 206 g/mol. The third-order valence-electron chi connectivity index (χ3n) is 2.65. The Morgan fingerprint density at radius 1 is 0.643 bits per heavy atom. The van der Waals surface area contributed by atoms with Crippen LogP contribution in [0, 0.1) is 0 Å². The summed E-state index contributed by atoms with van der Waals surface area (Å²) in [5.41, 5.74) is 0. The molecule has 0 rings (SSSR count). The highest BCUT2D eigenvalue weighted by molar-refractivity contribution is 7.60. The topological polar surface area (TPSA) is 0 Å². The van der Waals surface area contributed by atoms with Gasteiger partial charge >= 0.3 is 0 Å². The smallest absolute Gasteiger partial charge is 0.0289 e. The summed E-state index contributed by atoms with van der Waals surface area (Å²) in [4.78, 5) is 0. The Morgan fingerprint density at radius 2 is 1.00 bits per heavy atom. The third-order valence-corrected chi connectivity index (χ3v) is 7.14. The van der Waals surface area contributed by atoms with Crippen LogP contribution in [0.4, 0.5) is 0 Å². The minimum absolute atomic E-state index is 0.382. The molecule has 0 heterocycles. The van der Waals surface area contributed by atoms with E-state index in [1.165, 1.54) is 38.0 Å². The second kappa shape index (κ2) is 10.4. The molecule has 0 aliphatic carbocycles. The average molecular weight is 234 g/mol.